The van der Waals surface area contributed by atoms with Crippen molar-refractivity contribution in [3.8, 4) is 0 Å². The molecule has 2 heterocycles. The van der Waals surface area contributed by atoms with E-state index in [1.165, 1.54) is 20.2 Å². The highest BCUT2D eigenvalue weighted by molar-refractivity contribution is 5.81. The first-order valence-corrected chi connectivity index (χ1v) is 8.86. The number of aliphatic hydroxyl groups excluding tert-OH is 2. The summed E-state index contributed by atoms with van der Waals surface area (Å²) in [6.45, 7) is 0.227. The van der Waals surface area contributed by atoms with Crippen molar-refractivity contribution in [1.29, 1.82) is 1.43 Å². The predicted molar refractivity (Wildman–Crippen MR) is 96.4 cm³/mol. The molecular formula is C17H26F3N3O6. The van der Waals surface area contributed by atoms with Gasteiger partial charge < -0.3 is 20.3 Å². The molecule has 1 fully saturated rings. The number of hydrogen-bond acceptors (Lipinski definition) is 6. The maximum absolute atomic E-state index is 12.6. The number of carbonyl (C=O) groups excluding carboxylic acids is 1. The highest BCUT2D eigenvalue weighted by atomic mass is 19.4. The number of nitrogens with zero attached hydrogens (tertiary/aromatic N) is 2. The minimum atomic E-state index is -4.92. The summed E-state index contributed by atoms with van der Waals surface area (Å²) >= 11 is 0. The molecular weight excluding hydrogens is 399 g/mol. The van der Waals surface area contributed by atoms with Crippen LogP contribution in [-0.2, 0) is 16.1 Å². The van der Waals surface area contributed by atoms with Crippen molar-refractivity contribution in [2.45, 2.75) is 57.7 Å². The van der Waals surface area contributed by atoms with Gasteiger partial charge in [-0.25, -0.2) is 4.79 Å². The van der Waals surface area contributed by atoms with Crippen LogP contribution in [0.3, 0.4) is 0 Å². The molecule has 0 bridgehead atoms. The summed E-state index contributed by atoms with van der Waals surface area (Å²) in [5, 5.41) is 14.9. The van der Waals surface area contributed by atoms with Crippen molar-refractivity contribution < 1.29 is 34.3 Å². The second-order valence-corrected chi connectivity index (χ2v) is 6.30. The molecule has 1 saturated heterocycles. The Morgan fingerprint density at radius 1 is 1.45 bits per heavy atom. The number of unbranched alkanes of at least 4 members (excludes halogenated alkanes) is 2. The second-order valence-electron chi connectivity index (χ2n) is 6.30. The van der Waals surface area contributed by atoms with Gasteiger partial charge in [-0.15, -0.1) is 0 Å². The van der Waals surface area contributed by atoms with E-state index < -0.39 is 42.2 Å². The Hall–Kier alpha value is -2.18. The fraction of sp³-hybridized carbons (Fsp3) is 0.706. The van der Waals surface area contributed by atoms with E-state index in [2.05, 4.69) is 5.11 Å². The van der Waals surface area contributed by atoms with Gasteiger partial charge in [0.25, 0.3) is 5.56 Å². The van der Waals surface area contributed by atoms with Crippen LogP contribution in [0.2, 0.25) is 0 Å². The maximum atomic E-state index is 12.6. The van der Waals surface area contributed by atoms with Gasteiger partial charge in [-0.2, -0.15) is 13.2 Å². The molecule has 0 radical (unpaired) electrons. The number of halogens is 3. The first-order chi connectivity index (χ1) is 14.4. The average molecular weight is 428 g/mol. The van der Waals surface area contributed by atoms with Crippen LogP contribution in [-0.4, -0.2) is 59.2 Å². The van der Waals surface area contributed by atoms with Gasteiger partial charge in [-0.1, -0.05) is 0 Å². The van der Waals surface area contributed by atoms with Gasteiger partial charge >= 0.3 is 17.8 Å². The first kappa shape index (κ1) is 21.5. The lowest BCUT2D eigenvalue weighted by Gasteiger charge is -2.16. The molecule has 3 unspecified atom stereocenters. The number of aryl methyl sites for hydroxylation is 1. The van der Waals surface area contributed by atoms with Crippen LogP contribution in [0.5, 0.6) is 0 Å². The number of aliphatic hydroxyl groups is 2. The van der Waals surface area contributed by atoms with Crippen molar-refractivity contribution >= 4 is 5.91 Å². The Balaban J connectivity index is 0.00000151. The Bertz CT molecular complexity index is 836. The lowest BCUT2D eigenvalue weighted by atomic mass is 10.2. The molecule has 3 atom stereocenters. The molecule has 9 nitrogen and oxygen atoms in total. The van der Waals surface area contributed by atoms with Crippen LogP contribution >= 0.6 is 0 Å². The summed E-state index contributed by atoms with van der Waals surface area (Å²) in [7, 11) is 1.29. The van der Waals surface area contributed by atoms with Crippen LogP contribution in [0.4, 0.5) is 13.2 Å². The molecule has 0 saturated carbocycles. The SMILES string of the molecule is [2H]C1OC(n2cc(C)c(=O)n(CCCCCNC(=O)C(F)(F)F)c2=O)CC1O.[3H]OC. The number of carbonyl (C=O) groups is 1. The van der Waals surface area contributed by atoms with E-state index in [-0.39, 0.29) is 31.5 Å². The average Bonchev–Trinajstić information content (AvgIpc) is 3.01. The zero-order valence-electron chi connectivity index (χ0n) is 18.1. The summed E-state index contributed by atoms with van der Waals surface area (Å²) in [4.78, 5) is 35.5. The monoisotopic (exact) mass is 428 g/mol. The standard InChI is InChI=1S/C16H22F3N3O5.CH4O/c1-10-8-22(12-7-11(23)9-27-12)15(26)21(13(10)24)6-4-2-3-5-20-14(25)16(17,18)19;1-2/h8,11-12,23H,2-7,9H2,1H3,(H,20,25);2H,1H3/i9D;2T. The normalized spacial score (nSPS) is 22.3. The summed E-state index contributed by atoms with van der Waals surface area (Å²) in [6.07, 6.45) is -4.45. The van der Waals surface area contributed by atoms with Crippen molar-refractivity contribution in [2.24, 2.45) is 0 Å². The molecule has 1 amide bonds. The highest BCUT2D eigenvalue weighted by Gasteiger charge is 2.38. The van der Waals surface area contributed by atoms with Crippen molar-refractivity contribution in [1.82, 2.24) is 14.5 Å². The van der Waals surface area contributed by atoms with E-state index in [4.69, 9.17) is 7.54 Å². The fourth-order valence-corrected chi connectivity index (χ4v) is 2.71. The number of rotatable bonds is 7. The van der Waals surface area contributed by atoms with E-state index >= 15 is 0 Å². The van der Waals surface area contributed by atoms with E-state index in [0.29, 0.717) is 12.8 Å². The lowest BCUT2D eigenvalue weighted by Crippen LogP contribution is -2.42. The number of amides is 1. The molecule has 1 aliphatic heterocycles. The molecule has 1 aromatic rings. The van der Waals surface area contributed by atoms with Crippen molar-refractivity contribution in [3.63, 3.8) is 0 Å². The molecule has 166 valence electrons. The molecule has 12 heteroatoms. The summed E-state index contributed by atoms with van der Waals surface area (Å²) in [6, 6.07) is 0. The van der Waals surface area contributed by atoms with Crippen LogP contribution in [0.1, 0.15) is 38.8 Å². The fourth-order valence-electron chi connectivity index (χ4n) is 2.71. The van der Waals surface area contributed by atoms with E-state index in [1.54, 1.807) is 5.32 Å². The van der Waals surface area contributed by atoms with Gasteiger partial charge in [0.05, 0.1) is 14.1 Å². The number of hydrogen-bond donors (Lipinski definition) is 3. The van der Waals surface area contributed by atoms with Crippen molar-refractivity contribution in [2.75, 3.05) is 20.2 Å². The number of alkyl halides is 3. The topological polar surface area (TPSA) is 123 Å². The number of aromatic nitrogens is 2. The summed E-state index contributed by atoms with van der Waals surface area (Å²) in [5.74, 6) is -2.00. The summed E-state index contributed by atoms with van der Waals surface area (Å²) < 4.78 is 56.8. The molecule has 29 heavy (non-hydrogen) atoms. The largest absolute Gasteiger partial charge is 0.471 e. The van der Waals surface area contributed by atoms with Crippen molar-refractivity contribution in [3.05, 3.63) is 32.6 Å². The number of nitrogens with one attached hydrogen (secondary N) is 1. The Kier molecular flexibility index (Phi) is 8.25. The zero-order chi connectivity index (χ0) is 23.8. The highest BCUT2D eigenvalue weighted by Crippen LogP contribution is 2.21. The summed E-state index contributed by atoms with van der Waals surface area (Å²) in [5.41, 5.74) is -0.858. The van der Waals surface area contributed by atoms with E-state index in [9.17, 15) is 32.7 Å². The third-order valence-corrected chi connectivity index (χ3v) is 4.11. The predicted octanol–water partition coefficient (Wildman–Crippen LogP) is 0.0555. The molecule has 3 N–H and O–H groups in total. The van der Waals surface area contributed by atoms with Gasteiger partial charge in [-0.05, 0) is 26.2 Å². The minimum absolute atomic E-state index is 0.0463. The molecule has 0 aliphatic carbocycles. The third-order valence-electron chi connectivity index (χ3n) is 4.11. The Labute approximate surface area is 167 Å². The Morgan fingerprint density at radius 3 is 2.66 bits per heavy atom. The van der Waals surface area contributed by atoms with Gasteiger partial charge in [0.1, 0.15) is 6.23 Å². The van der Waals surface area contributed by atoms with Crippen LogP contribution in [0, 0.1) is 6.92 Å². The Morgan fingerprint density at radius 2 is 2.10 bits per heavy atom. The molecule has 2 rings (SSSR count). The van der Waals surface area contributed by atoms with Crippen LogP contribution in [0.15, 0.2) is 15.8 Å². The van der Waals surface area contributed by atoms with Crippen LogP contribution in [0.25, 0.3) is 0 Å². The third kappa shape index (κ3) is 6.98. The zero-order valence-corrected chi connectivity index (χ0v) is 16.1. The van der Waals surface area contributed by atoms with E-state index in [0.717, 1.165) is 9.13 Å². The molecule has 1 aliphatic rings. The second kappa shape index (κ2) is 11.1. The first-order valence-electron chi connectivity index (χ1n) is 9.85. The van der Waals surface area contributed by atoms with E-state index in [1.807, 2.05) is 0 Å². The molecule has 0 spiro atoms. The quantitative estimate of drug-likeness (QED) is 0.528. The molecule has 1 aromatic heterocycles. The molecule has 0 aromatic carbocycles. The minimum Gasteiger partial charge on any atom is -0.400 e. The van der Waals surface area contributed by atoms with Gasteiger partial charge in [0, 0.05) is 38.4 Å². The number of ether oxygens (including phenoxy) is 1. The smallest absolute Gasteiger partial charge is 0.400 e. The van der Waals surface area contributed by atoms with Gasteiger partial charge in [0.15, 0.2) is 0 Å². The van der Waals surface area contributed by atoms with Crippen LogP contribution < -0.4 is 16.6 Å². The maximum Gasteiger partial charge on any atom is 0.471 e. The lowest BCUT2D eigenvalue weighted by molar-refractivity contribution is -0.173. The van der Waals surface area contributed by atoms with Gasteiger partial charge in [-0.3, -0.25) is 18.7 Å². The van der Waals surface area contributed by atoms with Gasteiger partial charge in [0.2, 0.25) is 1.43 Å².